The van der Waals surface area contributed by atoms with Gasteiger partial charge >= 0.3 is 5.63 Å². The molecule has 0 bridgehead atoms. The Morgan fingerprint density at radius 2 is 1.37 bits per heavy atom. The van der Waals surface area contributed by atoms with Crippen molar-refractivity contribution in [1.29, 1.82) is 0 Å². The molecule has 0 atom stereocenters. The Hall–Kier alpha value is -3.81. The Balaban J connectivity index is 1.80. The Labute approximate surface area is 211 Å². The first kappa shape index (κ1) is 24.3. The molecule has 4 aromatic rings. The van der Waals surface area contributed by atoms with Crippen LogP contribution in [0.4, 0.5) is 11.4 Å². The highest BCUT2D eigenvalue weighted by atomic mass is 35.5. The number of phenolic OH excluding ortho intramolecular Hbond substituents is 1. The zero-order chi connectivity index (χ0) is 25.1. The molecule has 0 saturated heterocycles. The van der Waals surface area contributed by atoms with E-state index in [0.717, 1.165) is 5.69 Å². The number of nitrogens with zero attached hydrogens (tertiary/aromatic N) is 2. The molecule has 9 heteroatoms. The predicted molar refractivity (Wildman–Crippen MR) is 143 cm³/mol. The number of aryl methyl sites for hydroxylation is 1. The molecule has 0 unspecified atom stereocenters. The smallest absolute Gasteiger partial charge is 0.336 e. The third-order valence-electron chi connectivity index (χ3n) is 5.36. The average Bonchev–Trinajstić information content (AvgIpc) is 2.82. The van der Waals surface area contributed by atoms with E-state index < -0.39 is 5.63 Å². The van der Waals surface area contributed by atoms with Crippen LogP contribution in [0.2, 0.25) is 10.0 Å². The molecule has 3 N–H and O–H groups in total. The zero-order valence-corrected chi connectivity index (χ0v) is 20.7. The fourth-order valence-electron chi connectivity index (χ4n) is 3.51. The maximum atomic E-state index is 12.1. The van der Waals surface area contributed by atoms with E-state index in [4.69, 9.17) is 27.6 Å². The van der Waals surface area contributed by atoms with Crippen LogP contribution in [0.3, 0.4) is 0 Å². The topological polar surface area (TPSA) is 99.2 Å². The van der Waals surface area contributed by atoms with Crippen molar-refractivity contribution in [3.05, 3.63) is 97.8 Å². The minimum atomic E-state index is -0.517. The summed E-state index contributed by atoms with van der Waals surface area (Å²) in [6, 6.07) is 17.3. The van der Waals surface area contributed by atoms with Crippen LogP contribution in [0.5, 0.6) is 5.75 Å². The Kier molecular flexibility index (Phi) is 7.10. The molecule has 178 valence electrons. The number of nitrogens with one attached hydrogen (secondary N) is 2. The number of benzene rings is 3. The van der Waals surface area contributed by atoms with Crippen LogP contribution in [0.1, 0.15) is 30.5 Å². The monoisotopic (exact) mass is 508 g/mol. The standard InChI is InChI=1S/C26H22Cl2N4O3/c1-14-12-23(33)35-26-21(14)13-22(15(2)29-31-19-8-4-17(27)5-9-19)25(34)24(26)16(3)30-32-20-10-6-18(28)7-11-20/h4-13,31-32,34H,1-3H3/b29-15+,30-16+. The van der Waals surface area contributed by atoms with E-state index in [1.165, 1.54) is 6.07 Å². The molecule has 0 radical (unpaired) electrons. The van der Waals surface area contributed by atoms with Gasteiger partial charge in [-0.05, 0) is 80.9 Å². The van der Waals surface area contributed by atoms with E-state index in [-0.39, 0.29) is 11.3 Å². The highest BCUT2D eigenvalue weighted by Crippen LogP contribution is 2.33. The van der Waals surface area contributed by atoms with Crippen molar-refractivity contribution in [2.75, 3.05) is 10.9 Å². The second-order valence-electron chi connectivity index (χ2n) is 7.90. The molecule has 4 rings (SSSR count). The summed E-state index contributed by atoms with van der Waals surface area (Å²) in [5, 5.41) is 22.0. The Morgan fingerprint density at radius 3 is 1.91 bits per heavy atom. The van der Waals surface area contributed by atoms with Crippen LogP contribution in [-0.2, 0) is 0 Å². The molecule has 7 nitrogen and oxygen atoms in total. The van der Waals surface area contributed by atoms with Crippen molar-refractivity contribution in [3.8, 4) is 5.75 Å². The molecule has 0 spiro atoms. The van der Waals surface area contributed by atoms with Gasteiger partial charge in [0, 0.05) is 27.1 Å². The van der Waals surface area contributed by atoms with Gasteiger partial charge in [-0.15, -0.1) is 0 Å². The van der Waals surface area contributed by atoms with Gasteiger partial charge in [-0.25, -0.2) is 4.79 Å². The average molecular weight is 509 g/mol. The summed E-state index contributed by atoms with van der Waals surface area (Å²) < 4.78 is 5.51. The van der Waals surface area contributed by atoms with Gasteiger partial charge in [0.05, 0.1) is 28.4 Å². The van der Waals surface area contributed by atoms with E-state index >= 15 is 0 Å². The first-order valence-corrected chi connectivity index (χ1v) is 11.4. The molecule has 3 aromatic carbocycles. The maximum Gasteiger partial charge on any atom is 0.336 e. The van der Waals surface area contributed by atoms with Crippen molar-refractivity contribution in [1.82, 2.24) is 0 Å². The summed E-state index contributed by atoms with van der Waals surface area (Å²) in [5.74, 6) is -0.107. The van der Waals surface area contributed by atoms with Crippen LogP contribution in [-0.4, -0.2) is 16.5 Å². The molecular weight excluding hydrogens is 487 g/mol. The molecule has 0 amide bonds. The van der Waals surface area contributed by atoms with Crippen molar-refractivity contribution in [2.24, 2.45) is 10.2 Å². The second kappa shape index (κ2) is 10.2. The van der Waals surface area contributed by atoms with Crippen molar-refractivity contribution < 1.29 is 9.52 Å². The maximum absolute atomic E-state index is 12.1. The number of fused-ring (bicyclic) bond motifs is 1. The van der Waals surface area contributed by atoms with Gasteiger partial charge in [0.25, 0.3) is 0 Å². The van der Waals surface area contributed by atoms with E-state index in [1.54, 1.807) is 75.4 Å². The molecule has 0 aliphatic carbocycles. The summed E-state index contributed by atoms with van der Waals surface area (Å²) in [4.78, 5) is 12.1. The van der Waals surface area contributed by atoms with Gasteiger partial charge in [0.15, 0.2) is 5.58 Å². The molecular formula is C26H22Cl2N4O3. The van der Waals surface area contributed by atoms with Gasteiger partial charge < -0.3 is 9.52 Å². The number of hydrogen-bond donors (Lipinski definition) is 3. The lowest BCUT2D eigenvalue weighted by Gasteiger charge is -2.14. The molecule has 0 aliphatic rings. The quantitative estimate of drug-likeness (QED) is 0.151. The van der Waals surface area contributed by atoms with Gasteiger partial charge in [0.1, 0.15) is 5.75 Å². The van der Waals surface area contributed by atoms with E-state index in [9.17, 15) is 9.90 Å². The van der Waals surface area contributed by atoms with Crippen LogP contribution >= 0.6 is 23.2 Å². The number of anilines is 2. The lowest BCUT2D eigenvalue weighted by atomic mass is 9.97. The number of hydrazone groups is 2. The Morgan fingerprint density at radius 1 is 0.857 bits per heavy atom. The minimum absolute atomic E-state index is 0.107. The summed E-state index contributed by atoms with van der Waals surface area (Å²) in [6.07, 6.45) is 0. The van der Waals surface area contributed by atoms with Crippen LogP contribution in [0.25, 0.3) is 11.0 Å². The van der Waals surface area contributed by atoms with E-state index in [1.807, 2.05) is 0 Å². The fraction of sp³-hybridized carbons (Fsp3) is 0.115. The highest BCUT2D eigenvalue weighted by molar-refractivity contribution is 6.31. The van der Waals surface area contributed by atoms with Crippen LogP contribution in [0, 0.1) is 6.92 Å². The Bertz CT molecular complexity index is 1510. The number of rotatable bonds is 6. The lowest BCUT2D eigenvalue weighted by molar-refractivity contribution is 0.470. The van der Waals surface area contributed by atoms with Crippen LogP contribution < -0.4 is 16.5 Å². The second-order valence-corrected chi connectivity index (χ2v) is 8.78. The number of hydrogen-bond acceptors (Lipinski definition) is 7. The third kappa shape index (κ3) is 5.48. The first-order valence-electron chi connectivity index (χ1n) is 10.7. The SMILES string of the molecule is C/C(=N\Nc1ccc(Cl)cc1)c1cc2c(C)cc(=O)oc2c(/C(C)=N/Nc2ccc(Cl)cc2)c1O. The van der Waals surface area contributed by atoms with E-state index in [0.29, 0.717) is 49.2 Å². The molecule has 1 aromatic heterocycles. The van der Waals surface area contributed by atoms with Crippen molar-refractivity contribution in [2.45, 2.75) is 20.8 Å². The van der Waals surface area contributed by atoms with Crippen molar-refractivity contribution >= 4 is 57.0 Å². The van der Waals surface area contributed by atoms with Gasteiger partial charge in [0.2, 0.25) is 0 Å². The van der Waals surface area contributed by atoms with Gasteiger partial charge in [-0.2, -0.15) is 10.2 Å². The van der Waals surface area contributed by atoms with Crippen molar-refractivity contribution in [3.63, 3.8) is 0 Å². The number of phenols is 1. The van der Waals surface area contributed by atoms with Crippen LogP contribution in [0.15, 0.2) is 80.1 Å². The largest absolute Gasteiger partial charge is 0.506 e. The zero-order valence-electron chi connectivity index (χ0n) is 19.2. The first-order chi connectivity index (χ1) is 16.7. The lowest BCUT2D eigenvalue weighted by Crippen LogP contribution is -2.09. The number of aromatic hydroxyl groups is 1. The van der Waals surface area contributed by atoms with Gasteiger partial charge in [-0.1, -0.05) is 23.2 Å². The minimum Gasteiger partial charge on any atom is -0.506 e. The summed E-state index contributed by atoms with van der Waals surface area (Å²) in [6.45, 7) is 5.28. The third-order valence-corrected chi connectivity index (χ3v) is 5.86. The number of halogens is 2. The van der Waals surface area contributed by atoms with Gasteiger partial charge in [-0.3, -0.25) is 10.9 Å². The summed E-state index contributed by atoms with van der Waals surface area (Å²) >= 11 is 11.9. The van der Waals surface area contributed by atoms with E-state index in [2.05, 4.69) is 21.1 Å². The summed E-state index contributed by atoms with van der Waals surface area (Å²) in [7, 11) is 0. The molecule has 0 saturated carbocycles. The normalized spacial score (nSPS) is 12.1. The molecule has 0 aliphatic heterocycles. The molecule has 1 heterocycles. The predicted octanol–water partition coefficient (Wildman–Crippen LogP) is 6.79. The molecule has 0 fully saturated rings. The highest BCUT2D eigenvalue weighted by Gasteiger charge is 2.21. The molecule has 35 heavy (non-hydrogen) atoms. The summed E-state index contributed by atoms with van der Waals surface area (Å²) in [5.41, 5.74) is 9.46. The fourth-order valence-corrected chi connectivity index (χ4v) is 3.76.